The minimum atomic E-state index is -1.69. The van der Waals surface area contributed by atoms with Crippen molar-refractivity contribution in [1.82, 2.24) is 0 Å². The molecule has 6 nitrogen and oxygen atoms in total. The van der Waals surface area contributed by atoms with Crippen LogP contribution in [0, 0.1) is 5.41 Å². The lowest BCUT2D eigenvalue weighted by molar-refractivity contribution is -0.229. The Hall–Kier alpha value is -1.69. The summed E-state index contributed by atoms with van der Waals surface area (Å²) < 4.78 is 15.6. The minimum Gasteiger partial charge on any atom is -0.461 e. The van der Waals surface area contributed by atoms with E-state index in [9.17, 15) is 14.4 Å². The van der Waals surface area contributed by atoms with Crippen LogP contribution in [0.3, 0.4) is 0 Å². The zero-order valence-corrected chi connectivity index (χ0v) is 11.6. The molecule has 2 aliphatic rings. The van der Waals surface area contributed by atoms with Gasteiger partial charge in [0, 0.05) is 19.4 Å². The predicted molar refractivity (Wildman–Crippen MR) is 67.5 cm³/mol. The van der Waals surface area contributed by atoms with Gasteiger partial charge in [-0.3, -0.25) is 9.59 Å². The molecule has 2 rings (SSSR count). The van der Waals surface area contributed by atoms with E-state index in [0.29, 0.717) is 6.42 Å². The van der Waals surface area contributed by atoms with Gasteiger partial charge in [0.15, 0.2) is 5.78 Å². The first-order valence-corrected chi connectivity index (χ1v) is 6.75. The van der Waals surface area contributed by atoms with Gasteiger partial charge in [0.05, 0.1) is 12.0 Å². The Kier molecular flexibility index (Phi) is 3.94. The molecule has 0 saturated carbocycles. The first-order chi connectivity index (χ1) is 9.48. The van der Waals surface area contributed by atoms with Crippen LogP contribution in [0.5, 0.6) is 0 Å². The molecular formula is C14H18O6. The summed E-state index contributed by atoms with van der Waals surface area (Å²) in [7, 11) is 0. The second-order valence-corrected chi connectivity index (χ2v) is 4.93. The van der Waals surface area contributed by atoms with Crippen molar-refractivity contribution < 1.29 is 28.6 Å². The Balaban J connectivity index is 2.30. The first kappa shape index (κ1) is 14.7. The van der Waals surface area contributed by atoms with E-state index in [1.165, 1.54) is 12.2 Å². The Morgan fingerprint density at radius 2 is 2.10 bits per heavy atom. The summed E-state index contributed by atoms with van der Waals surface area (Å²) in [6, 6.07) is 0. The Bertz CT molecular complexity index is 468. The summed E-state index contributed by atoms with van der Waals surface area (Å²) in [5.74, 6) is -2.96. The van der Waals surface area contributed by atoms with E-state index in [2.05, 4.69) is 0 Å². The molecule has 0 unspecified atom stereocenters. The van der Waals surface area contributed by atoms with Gasteiger partial charge in [0.1, 0.15) is 0 Å². The van der Waals surface area contributed by atoms with Crippen molar-refractivity contribution in [3.63, 3.8) is 0 Å². The van der Waals surface area contributed by atoms with Gasteiger partial charge >= 0.3 is 17.7 Å². The monoisotopic (exact) mass is 282 g/mol. The molecule has 0 aromatic carbocycles. The van der Waals surface area contributed by atoms with Crippen LogP contribution < -0.4 is 0 Å². The highest BCUT2D eigenvalue weighted by molar-refractivity contribution is 5.96. The van der Waals surface area contributed by atoms with Crippen molar-refractivity contribution in [3.8, 4) is 0 Å². The van der Waals surface area contributed by atoms with Crippen LogP contribution in [0.4, 0.5) is 0 Å². The number of carbonyl (C=O) groups is 3. The number of allylic oxidation sites excluding steroid dienone is 1. The van der Waals surface area contributed by atoms with Crippen molar-refractivity contribution >= 4 is 17.7 Å². The smallest absolute Gasteiger partial charge is 0.379 e. The van der Waals surface area contributed by atoms with E-state index < -0.39 is 23.1 Å². The quantitative estimate of drug-likeness (QED) is 0.719. The normalized spacial score (nSPS) is 32.5. The molecule has 0 amide bonds. The van der Waals surface area contributed by atoms with Crippen molar-refractivity contribution in [2.24, 2.45) is 5.41 Å². The van der Waals surface area contributed by atoms with Gasteiger partial charge < -0.3 is 14.2 Å². The van der Waals surface area contributed by atoms with Crippen LogP contribution in [0.15, 0.2) is 12.2 Å². The molecule has 1 aliphatic heterocycles. The molecule has 1 saturated heterocycles. The summed E-state index contributed by atoms with van der Waals surface area (Å²) in [6.45, 7) is 3.76. The van der Waals surface area contributed by atoms with Crippen LogP contribution in [0.25, 0.3) is 0 Å². The molecule has 1 heterocycles. The van der Waals surface area contributed by atoms with Crippen molar-refractivity contribution in [2.45, 2.75) is 38.9 Å². The van der Waals surface area contributed by atoms with Gasteiger partial charge in [0.2, 0.25) is 0 Å². The standard InChI is InChI=1S/C14H18O6/c1-3-18-12(17)14(19-4-2)9-13(11(16)20-14)7-5-10(15)6-8-13/h5,7H,3-4,6,8-9H2,1-2H3/t13-,14+/m0/s1. The predicted octanol–water partition coefficient (Wildman–Crippen LogP) is 1.13. The maximum atomic E-state index is 12.2. The number of ketones is 1. The molecule has 0 aromatic rings. The molecule has 2 atom stereocenters. The molecule has 1 fully saturated rings. The molecule has 0 aromatic heterocycles. The van der Waals surface area contributed by atoms with Gasteiger partial charge in [-0.25, -0.2) is 4.79 Å². The Morgan fingerprint density at radius 3 is 2.65 bits per heavy atom. The first-order valence-electron chi connectivity index (χ1n) is 6.75. The van der Waals surface area contributed by atoms with E-state index in [4.69, 9.17) is 14.2 Å². The molecule has 0 bridgehead atoms. The van der Waals surface area contributed by atoms with E-state index >= 15 is 0 Å². The third-order valence-corrected chi connectivity index (χ3v) is 3.58. The molecular weight excluding hydrogens is 264 g/mol. The fourth-order valence-corrected chi connectivity index (χ4v) is 2.59. The minimum absolute atomic E-state index is 0.0338. The number of cyclic esters (lactones) is 1. The molecule has 0 radical (unpaired) electrons. The second-order valence-electron chi connectivity index (χ2n) is 4.93. The fraction of sp³-hybridized carbons (Fsp3) is 0.643. The second kappa shape index (κ2) is 5.36. The summed E-state index contributed by atoms with van der Waals surface area (Å²) in [5.41, 5.74) is -0.962. The maximum Gasteiger partial charge on any atom is 0.379 e. The van der Waals surface area contributed by atoms with Crippen LogP contribution in [-0.2, 0) is 28.6 Å². The lowest BCUT2D eigenvalue weighted by Crippen LogP contribution is -2.43. The van der Waals surface area contributed by atoms with Crippen LogP contribution in [-0.4, -0.2) is 36.7 Å². The number of hydrogen-bond acceptors (Lipinski definition) is 6. The maximum absolute atomic E-state index is 12.2. The highest BCUT2D eigenvalue weighted by Crippen LogP contribution is 2.47. The number of esters is 2. The zero-order chi connectivity index (χ0) is 14.8. The lowest BCUT2D eigenvalue weighted by Gasteiger charge is -2.26. The van der Waals surface area contributed by atoms with Crippen LogP contribution >= 0.6 is 0 Å². The lowest BCUT2D eigenvalue weighted by atomic mass is 9.76. The Labute approximate surface area is 117 Å². The third kappa shape index (κ3) is 2.35. The van der Waals surface area contributed by atoms with Crippen molar-refractivity contribution in [3.05, 3.63) is 12.2 Å². The number of carbonyl (C=O) groups excluding carboxylic acids is 3. The molecule has 110 valence electrons. The summed E-state index contributed by atoms with van der Waals surface area (Å²) >= 11 is 0. The van der Waals surface area contributed by atoms with Crippen molar-refractivity contribution in [1.29, 1.82) is 0 Å². The molecule has 0 N–H and O–H groups in total. The van der Waals surface area contributed by atoms with E-state index in [-0.39, 0.29) is 31.8 Å². The average Bonchev–Trinajstić information content (AvgIpc) is 2.68. The third-order valence-electron chi connectivity index (χ3n) is 3.58. The average molecular weight is 282 g/mol. The number of ether oxygens (including phenoxy) is 3. The topological polar surface area (TPSA) is 78.9 Å². The van der Waals surface area contributed by atoms with Gasteiger partial charge in [-0.05, 0) is 26.3 Å². The molecule has 1 spiro atoms. The molecule has 1 aliphatic carbocycles. The van der Waals surface area contributed by atoms with E-state index in [1.54, 1.807) is 13.8 Å². The largest absolute Gasteiger partial charge is 0.461 e. The fourth-order valence-electron chi connectivity index (χ4n) is 2.59. The summed E-state index contributed by atoms with van der Waals surface area (Å²) in [5, 5.41) is 0. The van der Waals surface area contributed by atoms with Gasteiger partial charge in [0.25, 0.3) is 0 Å². The van der Waals surface area contributed by atoms with Gasteiger partial charge in [-0.1, -0.05) is 6.08 Å². The highest BCUT2D eigenvalue weighted by Gasteiger charge is 2.61. The SMILES string of the molecule is CCOC(=O)[C@@]1(OCC)C[C@@]2(C=CC(=O)CC2)C(=O)O1. The van der Waals surface area contributed by atoms with E-state index in [0.717, 1.165) is 0 Å². The van der Waals surface area contributed by atoms with Crippen LogP contribution in [0.2, 0.25) is 0 Å². The summed E-state index contributed by atoms with van der Waals surface area (Å²) in [4.78, 5) is 35.5. The van der Waals surface area contributed by atoms with Crippen LogP contribution in [0.1, 0.15) is 33.1 Å². The van der Waals surface area contributed by atoms with Crippen molar-refractivity contribution in [2.75, 3.05) is 13.2 Å². The highest BCUT2D eigenvalue weighted by atomic mass is 16.7. The molecule has 6 heteroatoms. The van der Waals surface area contributed by atoms with E-state index in [1.807, 2.05) is 0 Å². The number of rotatable bonds is 4. The Morgan fingerprint density at radius 1 is 1.35 bits per heavy atom. The molecule has 20 heavy (non-hydrogen) atoms. The summed E-state index contributed by atoms with van der Waals surface area (Å²) in [6.07, 6.45) is 3.54. The zero-order valence-electron chi connectivity index (χ0n) is 11.6. The number of hydrogen-bond donors (Lipinski definition) is 0. The van der Waals surface area contributed by atoms with Gasteiger partial charge in [-0.2, -0.15) is 0 Å². The van der Waals surface area contributed by atoms with Gasteiger partial charge in [-0.15, -0.1) is 0 Å².